The lowest BCUT2D eigenvalue weighted by atomic mass is 10.0. The predicted molar refractivity (Wildman–Crippen MR) is 111 cm³/mol. The number of nitrogens with two attached hydrogens (primary N) is 1. The molecule has 0 radical (unpaired) electrons. The molecule has 2 rings (SSSR count). The SMILES string of the molecule is N#Cc1cccc(C[C@@H](NC(=O)C[C@@H](O)CNC(=O)OCc2ccccc2)C(N)=O)c1. The van der Waals surface area contributed by atoms with Gasteiger partial charge in [-0.3, -0.25) is 9.59 Å². The zero-order valence-electron chi connectivity index (χ0n) is 16.8. The van der Waals surface area contributed by atoms with Crippen molar-refractivity contribution in [2.75, 3.05) is 6.54 Å². The number of aliphatic hydroxyl groups is 1. The summed E-state index contributed by atoms with van der Waals surface area (Å²) in [6, 6.07) is 16.7. The Morgan fingerprint density at radius 3 is 2.48 bits per heavy atom. The molecule has 0 bridgehead atoms. The van der Waals surface area contributed by atoms with Gasteiger partial charge in [0.25, 0.3) is 0 Å². The maximum absolute atomic E-state index is 12.2. The van der Waals surface area contributed by atoms with Crippen LogP contribution in [0.1, 0.15) is 23.1 Å². The van der Waals surface area contributed by atoms with Crippen molar-refractivity contribution >= 4 is 17.9 Å². The van der Waals surface area contributed by atoms with Crippen molar-refractivity contribution in [3.63, 3.8) is 0 Å². The van der Waals surface area contributed by atoms with Crippen LogP contribution in [0.25, 0.3) is 0 Å². The number of hydrogen-bond donors (Lipinski definition) is 4. The van der Waals surface area contributed by atoms with Crippen LogP contribution >= 0.6 is 0 Å². The van der Waals surface area contributed by atoms with E-state index < -0.39 is 30.1 Å². The maximum atomic E-state index is 12.2. The summed E-state index contributed by atoms with van der Waals surface area (Å²) in [4.78, 5) is 35.6. The smallest absolute Gasteiger partial charge is 0.407 e. The maximum Gasteiger partial charge on any atom is 0.407 e. The molecule has 0 aliphatic carbocycles. The predicted octanol–water partition coefficient (Wildman–Crippen LogP) is 0.748. The molecule has 31 heavy (non-hydrogen) atoms. The van der Waals surface area contributed by atoms with Gasteiger partial charge in [0, 0.05) is 13.0 Å². The van der Waals surface area contributed by atoms with Crippen LogP contribution < -0.4 is 16.4 Å². The van der Waals surface area contributed by atoms with Gasteiger partial charge in [0.1, 0.15) is 12.6 Å². The van der Waals surface area contributed by atoms with Crippen molar-refractivity contribution in [3.8, 4) is 6.07 Å². The fourth-order valence-electron chi connectivity index (χ4n) is 2.74. The summed E-state index contributed by atoms with van der Waals surface area (Å²) in [7, 11) is 0. The molecule has 0 saturated carbocycles. The minimum Gasteiger partial charge on any atom is -0.445 e. The lowest BCUT2D eigenvalue weighted by Gasteiger charge is -2.17. The molecular weight excluding hydrogens is 400 g/mol. The second kappa shape index (κ2) is 11.9. The van der Waals surface area contributed by atoms with E-state index in [-0.39, 0.29) is 26.0 Å². The normalized spacial score (nSPS) is 12.1. The standard InChI is InChI=1S/C22H24N4O5/c23-12-17-8-4-7-16(9-17)10-19(21(24)29)26-20(28)11-18(27)13-25-22(30)31-14-15-5-2-1-3-6-15/h1-9,18-19,27H,10-11,13-14H2,(H2,24,29)(H,25,30)(H,26,28)/t18-,19-/m1/s1. The van der Waals surface area contributed by atoms with E-state index in [1.807, 2.05) is 24.3 Å². The highest BCUT2D eigenvalue weighted by molar-refractivity contribution is 5.87. The number of primary amides is 1. The summed E-state index contributed by atoms with van der Waals surface area (Å²) >= 11 is 0. The average molecular weight is 424 g/mol. The molecule has 3 amide bonds. The number of carbonyl (C=O) groups excluding carboxylic acids is 3. The van der Waals surface area contributed by atoms with E-state index in [0.29, 0.717) is 11.1 Å². The zero-order chi connectivity index (χ0) is 22.6. The average Bonchev–Trinajstić information content (AvgIpc) is 2.76. The van der Waals surface area contributed by atoms with Crippen LogP contribution in [0, 0.1) is 11.3 Å². The largest absolute Gasteiger partial charge is 0.445 e. The van der Waals surface area contributed by atoms with E-state index in [1.54, 1.807) is 36.4 Å². The molecule has 2 aromatic carbocycles. The highest BCUT2D eigenvalue weighted by atomic mass is 16.5. The number of nitriles is 1. The van der Waals surface area contributed by atoms with Gasteiger partial charge in [0.05, 0.1) is 24.2 Å². The van der Waals surface area contributed by atoms with Crippen LogP contribution in [-0.4, -0.2) is 41.7 Å². The van der Waals surface area contributed by atoms with Crippen LogP contribution in [0.5, 0.6) is 0 Å². The van der Waals surface area contributed by atoms with E-state index in [0.717, 1.165) is 5.56 Å². The Bertz CT molecular complexity index is 942. The molecule has 2 atom stereocenters. The first kappa shape index (κ1) is 23.4. The quantitative estimate of drug-likeness (QED) is 0.441. The third-order valence-electron chi connectivity index (χ3n) is 4.29. The third-order valence-corrected chi connectivity index (χ3v) is 4.29. The Morgan fingerprint density at radius 1 is 1.10 bits per heavy atom. The molecule has 0 heterocycles. The molecule has 0 saturated heterocycles. The van der Waals surface area contributed by atoms with Crippen molar-refractivity contribution in [1.82, 2.24) is 10.6 Å². The third kappa shape index (κ3) is 8.55. The Kier molecular flexibility index (Phi) is 9.01. The number of alkyl carbamates (subject to hydrolysis) is 1. The second-order valence-electron chi connectivity index (χ2n) is 6.84. The van der Waals surface area contributed by atoms with Crippen LogP contribution in [0.2, 0.25) is 0 Å². The molecule has 0 aliphatic heterocycles. The molecule has 0 spiro atoms. The lowest BCUT2D eigenvalue weighted by Crippen LogP contribution is -2.47. The van der Waals surface area contributed by atoms with Crippen molar-refractivity contribution in [2.45, 2.75) is 31.6 Å². The molecule has 0 aromatic heterocycles. The first-order valence-corrected chi connectivity index (χ1v) is 9.57. The zero-order valence-corrected chi connectivity index (χ0v) is 16.8. The first-order valence-electron chi connectivity index (χ1n) is 9.57. The Hall–Kier alpha value is -3.90. The number of nitrogens with zero attached hydrogens (tertiary/aromatic N) is 1. The fraction of sp³-hybridized carbons (Fsp3) is 0.273. The van der Waals surface area contributed by atoms with Crippen molar-refractivity contribution < 1.29 is 24.2 Å². The van der Waals surface area contributed by atoms with E-state index >= 15 is 0 Å². The van der Waals surface area contributed by atoms with E-state index in [1.165, 1.54) is 0 Å². The van der Waals surface area contributed by atoms with Gasteiger partial charge < -0.3 is 26.2 Å². The minimum atomic E-state index is -1.18. The fourth-order valence-corrected chi connectivity index (χ4v) is 2.74. The monoisotopic (exact) mass is 424 g/mol. The van der Waals surface area contributed by atoms with Gasteiger partial charge in [-0.25, -0.2) is 4.79 Å². The summed E-state index contributed by atoms with van der Waals surface area (Å²) in [5.74, 6) is -1.35. The molecule has 0 aliphatic rings. The summed E-state index contributed by atoms with van der Waals surface area (Å²) in [6.45, 7) is -0.122. The van der Waals surface area contributed by atoms with Crippen LogP contribution in [0.3, 0.4) is 0 Å². The Labute approximate surface area is 179 Å². The van der Waals surface area contributed by atoms with Crippen LogP contribution in [0.4, 0.5) is 4.79 Å². The van der Waals surface area contributed by atoms with Crippen molar-refractivity contribution in [3.05, 3.63) is 71.3 Å². The molecule has 5 N–H and O–H groups in total. The number of ether oxygens (including phenoxy) is 1. The van der Waals surface area contributed by atoms with E-state index in [2.05, 4.69) is 10.6 Å². The number of amides is 3. The summed E-state index contributed by atoms with van der Waals surface area (Å²) in [5.41, 5.74) is 7.26. The number of nitrogens with one attached hydrogen (secondary N) is 2. The van der Waals surface area contributed by atoms with Gasteiger partial charge in [0.2, 0.25) is 11.8 Å². The molecule has 9 heteroatoms. The molecule has 0 unspecified atom stereocenters. The topological polar surface area (TPSA) is 155 Å². The second-order valence-corrected chi connectivity index (χ2v) is 6.84. The molecule has 9 nitrogen and oxygen atoms in total. The van der Waals surface area contributed by atoms with Gasteiger partial charge >= 0.3 is 6.09 Å². The summed E-state index contributed by atoms with van der Waals surface area (Å²) in [5, 5.41) is 23.8. The van der Waals surface area contributed by atoms with Gasteiger partial charge in [-0.1, -0.05) is 42.5 Å². The highest BCUT2D eigenvalue weighted by Gasteiger charge is 2.21. The summed E-state index contributed by atoms with van der Waals surface area (Å²) in [6.07, 6.45) is -2.15. The molecule has 2 aromatic rings. The minimum absolute atomic E-state index is 0.0799. The molecule has 162 valence electrons. The van der Waals surface area contributed by atoms with Crippen molar-refractivity contribution in [2.24, 2.45) is 5.73 Å². The van der Waals surface area contributed by atoms with Gasteiger partial charge in [-0.2, -0.15) is 5.26 Å². The highest BCUT2D eigenvalue weighted by Crippen LogP contribution is 2.08. The number of rotatable bonds is 10. The first-order chi connectivity index (χ1) is 14.9. The Balaban J connectivity index is 1.76. The van der Waals surface area contributed by atoms with Gasteiger partial charge in [0.15, 0.2) is 0 Å². The van der Waals surface area contributed by atoms with Crippen LogP contribution in [-0.2, 0) is 27.4 Å². The number of benzene rings is 2. The van der Waals surface area contributed by atoms with Crippen LogP contribution in [0.15, 0.2) is 54.6 Å². The van der Waals surface area contributed by atoms with Crippen molar-refractivity contribution in [1.29, 1.82) is 5.26 Å². The molecular formula is C22H24N4O5. The van der Waals surface area contributed by atoms with E-state index in [4.69, 9.17) is 15.7 Å². The molecule has 0 fully saturated rings. The van der Waals surface area contributed by atoms with Gasteiger partial charge in [-0.05, 0) is 23.3 Å². The number of carbonyl (C=O) groups is 3. The van der Waals surface area contributed by atoms with E-state index in [9.17, 15) is 19.5 Å². The van der Waals surface area contributed by atoms with Gasteiger partial charge in [-0.15, -0.1) is 0 Å². The lowest BCUT2D eigenvalue weighted by molar-refractivity contribution is -0.128. The number of aliphatic hydroxyl groups excluding tert-OH is 1. The Morgan fingerprint density at radius 2 is 1.81 bits per heavy atom. The number of hydrogen-bond acceptors (Lipinski definition) is 6. The summed E-state index contributed by atoms with van der Waals surface area (Å²) < 4.78 is 5.02.